The molecule has 19 aliphatic carbocycles. The van der Waals surface area contributed by atoms with Gasteiger partial charge in [-0.2, -0.15) is 0 Å². The minimum absolute atomic E-state index is 0.00126. The molecule has 4 aliphatic heterocycles. The summed E-state index contributed by atoms with van der Waals surface area (Å²) < 4.78 is 35.6. The molecule has 7 aromatic rings. The molecule has 21 bridgehead atoms. The molecule has 1 aromatic heterocycles. The van der Waals surface area contributed by atoms with Crippen LogP contribution >= 0.6 is 0 Å². The summed E-state index contributed by atoms with van der Waals surface area (Å²) >= 11 is 0. The fourth-order valence-electron chi connectivity index (χ4n) is 25.6. The van der Waals surface area contributed by atoms with Crippen molar-refractivity contribution in [2.75, 3.05) is 26.6 Å². The fraction of sp³-hybridized carbons (Fsp3) is 0.436. The van der Waals surface area contributed by atoms with E-state index in [2.05, 4.69) is 158 Å². The van der Waals surface area contributed by atoms with E-state index in [1.165, 1.54) is 85.2 Å². The molecule has 106 heavy (non-hydrogen) atoms. The van der Waals surface area contributed by atoms with Gasteiger partial charge in [0.05, 0.1) is 37.2 Å². The van der Waals surface area contributed by atoms with Crippen LogP contribution in [-0.4, -0.2) is 70.7 Å². The van der Waals surface area contributed by atoms with Crippen molar-refractivity contribution in [2.24, 2.45) is 41.4 Å². The predicted octanol–water partition coefficient (Wildman–Crippen LogP) is 15.4. The standard InChI is InChI=1S/C94H90O12/c1-52(48-96)70-44-71-60-40-54-15-13-53(14-16-54)39-55-17-18-57-19-21-61-8-4-9-62-22-24-67-65(11-5-12-75(67)94(61,62)77(57)41-55)58-29-33-92-37-36-90-31-6-32-93(78-45-72-64-10-3-2-7-56(64)20-23-66(72)73(78)47-91(46-60,35-34-90)83-68(71)25-27-76(92)84(83)90)87(105-88(70)100)86(103-80(99)43-63(92)42-58)82-79(106-93)28-26-69-74(49-97)81(89(101)104-85(69)82)59(30-38-95)50-102-51-98/h2-3,5,7,10-21,23,25-29,33-35,41,58-63,66,71-73,78,86-87,95-98H,4,8-9,22,24,30,32,36-40,42-51H2,1H3. The van der Waals surface area contributed by atoms with Crippen LogP contribution in [0.25, 0.3) is 23.1 Å². The van der Waals surface area contributed by atoms with Crippen molar-refractivity contribution in [2.45, 2.75) is 186 Å². The SMILES string of the molecule is CC(CO)=C1CC2c3ccc4c5c3C36C=CC57C#CCC5(Oc8ccc9c(CO)c(C(CCO)COCO)c(=O)oc9c8C(OC(=O)CC8CC(C=CC48CC7)c4cccc7c4CCC4CCCC8C=Cc9ccc(cc9C784)Cc4ccc(cc4)CC2C3)C5OC1=O)C1CC2c3ccccc3C=CC2C1C6. The topological polar surface area (TPSA) is 182 Å². The number of benzene rings is 6. The van der Waals surface area contributed by atoms with Crippen molar-refractivity contribution in [1.29, 1.82) is 0 Å². The summed E-state index contributed by atoms with van der Waals surface area (Å²) in [4.78, 5) is 49.2. The lowest BCUT2D eigenvalue weighted by Gasteiger charge is -2.57. The average Bonchev–Trinajstić information content (AvgIpc) is 1.10. The fourth-order valence-corrected chi connectivity index (χ4v) is 25.6. The lowest BCUT2D eigenvalue weighted by Crippen LogP contribution is -2.61. The number of esters is 2. The summed E-state index contributed by atoms with van der Waals surface area (Å²) in [6.45, 7) is -0.309. The number of allylic oxidation sites excluding steroid dienone is 6. The van der Waals surface area contributed by atoms with Gasteiger partial charge in [-0.15, -0.1) is 0 Å². The molecule has 2 saturated carbocycles. The van der Waals surface area contributed by atoms with Crippen LogP contribution in [-0.2, 0) is 71.3 Å². The molecule has 0 radical (unpaired) electrons. The normalized spacial score (nSPS) is 34.9. The first-order valence-electron chi connectivity index (χ1n) is 39.6. The lowest BCUT2D eigenvalue weighted by molar-refractivity contribution is -0.205. The first-order chi connectivity index (χ1) is 51.8. The molecule has 2 fully saturated rings. The molecule has 0 saturated heterocycles. The van der Waals surface area contributed by atoms with E-state index in [1.54, 1.807) is 6.07 Å². The second-order valence-electron chi connectivity index (χ2n) is 34.4. The number of carbonyl (C=O) groups excluding carboxylic acids is 2. The highest BCUT2D eigenvalue weighted by molar-refractivity contribution is 5.91. The van der Waals surface area contributed by atoms with E-state index in [-0.39, 0.29) is 114 Å². The minimum atomic E-state index is -1.56. The Hall–Kier alpha value is -8.67. The summed E-state index contributed by atoms with van der Waals surface area (Å²) in [5.41, 5.74) is 15.0. The Bertz CT molecular complexity index is 5230. The van der Waals surface area contributed by atoms with Crippen LogP contribution in [0.5, 0.6) is 5.75 Å². The number of rotatable bonds is 8. The van der Waals surface area contributed by atoms with Crippen molar-refractivity contribution >= 4 is 35.1 Å². The number of hydrogen-bond donors (Lipinski definition) is 4. The third-order valence-corrected chi connectivity index (χ3v) is 30.0. The average molecular weight is 1410 g/mol. The summed E-state index contributed by atoms with van der Waals surface area (Å²) in [7, 11) is 0. The van der Waals surface area contributed by atoms with Gasteiger partial charge < -0.3 is 43.8 Å². The molecular weight excluding hydrogens is 1320 g/mol. The van der Waals surface area contributed by atoms with Crippen LogP contribution in [0.4, 0.5) is 0 Å². The number of ether oxygens (including phenoxy) is 4. The van der Waals surface area contributed by atoms with E-state index in [9.17, 15) is 20.4 Å². The maximum Gasteiger partial charge on any atom is 0.340 e. The molecule has 18 atom stereocenters. The van der Waals surface area contributed by atoms with Gasteiger partial charge >= 0.3 is 17.6 Å². The van der Waals surface area contributed by atoms with Crippen LogP contribution in [0.1, 0.15) is 221 Å². The quantitative estimate of drug-likeness (QED) is 0.0283. The first-order valence-corrected chi connectivity index (χ1v) is 39.6. The molecule has 5 spiro atoms. The van der Waals surface area contributed by atoms with Crippen LogP contribution in [0.15, 0.2) is 166 Å². The monoisotopic (exact) mass is 1410 g/mol. The number of carbonyl (C=O) groups is 2. The van der Waals surface area contributed by atoms with Crippen molar-refractivity contribution in [3.63, 3.8) is 0 Å². The Morgan fingerprint density at radius 3 is 2.45 bits per heavy atom. The summed E-state index contributed by atoms with van der Waals surface area (Å²) in [6, 6.07) is 41.3. The molecule has 538 valence electrons. The van der Waals surface area contributed by atoms with Crippen molar-refractivity contribution in [1.82, 2.24) is 0 Å². The Morgan fingerprint density at radius 1 is 0.726 bits per heavy atom. The maximum atomic E-state index is 17.0. The minimum Gasteiger partial charge on any atom is -0.481 e. The van der Waals surface area contributed by atoms with E-state index < -0.39 is 83.5 Å². The van der Waals surface area contributed by atoms with Crippen molar-refractivity contribution < 1.29 is 53.4 Å². The number of hydrogen-bond acceptors (Lipinski definition) is 12. The van der Waals surface area contributed by atoms with Crippen LogP contribution < -0.4 is 10.4 Å². The Kier molecular flexibility index (Phi) is 15.0. The van der Waals surface area contributed by atoms with Gasteiger partial charge in [0.1, 0.15) is 18.1 Å². The van der Waals surface area contributed by atoms with Gasteiger partial charge in [-0.3, -0.25) is 4.79 Å². The Morgan fingerprint density at radius 2 is 1.58 bits per heavy atom. The van der Waals surface area contributed by atoms with Crippen LogP contribution in [0, 0.1) is 53.3 Å². The second-order valence-corrected chi connectivity index (χ2v) is 34.4. The highest BCUT2D eigenvalue weighted by Gasteiger charge is 2.68. The second kappa shape index (κ2) is 24.2. The molecule has 18 unspecified atom stereocenters. The van der Waals surface area contributed by atoms with E-state index in [4.69, 9.17) is 23.4 Å². The Balaban J connectivity index is 0.869. The van der Waals surface area contributed by atoms with Gasteiger partial charge in [0.2, 0.25) is 0 Å². The molecule has 12 nitrogen and oxygen atoms in total. The van der Waals surface area contributed by atoms with Crippen molar-refractivity contribution in [3.05, 3.63) is 262 Å². The highest BCUT2D eigenvalue weighted by atomic mass is 16.6. The van der Waals surface area contributed by atoms with Crippen LogP contribution in [0.2, 0.25) is 0 Å². The Labute approximate surface area is 618 Å². The molecular formula is C94H90O12. The smallest absolute Gasteiger partial charge is 0.340 e. The van der Waals surface area contributed by atoms with Crippen LogP contribution in [0.3, 0.4) is 0 Å². The van der Waals surface area contributed by atoms with Crippen molar-refractivity contribution in [3.8, 4) is 17.6 Å². The lowest BCUT2D eigenvalue weighted by atomic mass is 9.45. The van der Waals surface area contributed by atoms with E-state index >= 15 is 14.4 Å². The molecule has 23 aliphatic rings. The van der Waals surface area contributed by atoms with E-state index in [0.29, 0.717) is 47.6 Å². The molecule has 6 aromatic carbocycles. The predicted molar refractivity (Wildman–Crippen MR) is 403 cm³/mol. The van der Waals surface area contributed by atoms with Gasteiger partial charge in [-0.1, -0.05) is 164 Å². The zero-order valence-electron chi connectivity index (χ0n) is 60.1. The first kappa shape index (κ1) is 65.6. The highest BCUT2D eigenvalue weighted by Crippen LogP contribution is 2.70. The number of aliphatic hydroxyl groups is 4. The largest absolute Gasteiger partial charge is 0.481 e. The summed E-state index contributed by atoms with van der Waals surface area (Å²) in [6.07, 6.45) is 28.8. The summed E-state index contributed by atoms with van der Waals surface area (Å²) in [5.74, 6) is 6.09. The molecule has 4 N–H and O–H groups in total. The number of fused-ring (bicyclic) bond motifs is 9. The van der Waals surface area contributed by atoms with E-state index in [0.717, 1.165) is 56.9 Å². The van der Waals surface area contributed by atoms with E-state index in [1.807, 2.05) is 13.0 Å². The zero-order chi connectivity index (χ0) is 71.3. The molecule has 30 rings (SSSR count). The summed E-state index contributed by atoms with van der Waals surface area (Å²) in [5, 5.41) is 44.1. The molecule has 5 heterocycles. The number of aliphatic hydroxyl groups excluding tert-OH is 4. The third kappa shape index (κ3) is 9.16. The van der Waals surface area contributed by atoms with Gasteiger partial charge in [-0.25, -0.2) is 9.59 Å². The third-order valence-electron chi connectivity index (χ3n) is 30.0. The maximum absolute atomic E-state index is 17.0. The van der Waals surface area contributed by atoms with Gasteiger partial charge in [0, 0.05) is 63.5 Å². The molecule has 12 heteroatoms. The zero-order valence-corrected chi connectivity index (χ0v) is 60.1. The van der Waals surface area contributed by atoms with Gasteiger partial charge in [0.25, 0.3) is 0 Å². The van der Waals surface area contributed by atoms with Gasteiger partial charge in [-0.05, 0) is 245 Å². The van der Waals surface area contributed by atoms with Gasteiger partial charge in [0.15, 0.2) is 17.8 Å². The molecule has 0 amide bonds.